The number of benzene rings is 1. The van der Waals surface area contributed by atoms with Gasteiger partial charge in [-0.15, -0.1) is 0 Å². The summed E-state index contributed by atoms with van der Waals surface area (Å²) in [6.45, 7) is 3.63. The maximum atomic E-state index is 12.4. The molecule has 0 aromatic heterocycles. The van der Waals surface area contributed by atoms with Gasteiger partial charge < -0.3 is 4.89 Å². The highest BCUT2D eigenvalue weighted by Gasteiger charge is 2.36. The lowest BCUT2D eigenvalue weighted by Crippen LogP contribution is -2.15. The van der Waals surface area contributed by atoms with E-state index in [4.69, 9.17) is 14.1 Å². The molecule has 2 rings (SSSR count). The van der Waals surface area contributed by atoms with E-state index in [-0.39, 0.29) is 6.61 Å². The quantitative estimate of drug-likeness (QED) is 0.283. The van der Waals surface area contributed by atoms with Gasteiger partial charge in [0.15, 0.2) is 5.75 Å². The molecule has 1 aromatic carbocycles. The average Bonchev–Trinajstić information content (AvgIpc) is 2.68. The second kappa shape index (κ2) is 10.8. The van der Waals surface area contributed by atoms with Crippen LogP contribution in [0.15, 0.2) is 24.3 Å². The van der Waals surface area contributed by atoms with E-state index in [2.05, 4.69) is 31.6 Å². The fourth-order valence-electron chi connectivity index (χ4n) is 2.12. The third kappa shape index (κ3) is 7.39. The van der Waals surface area contributed by atoms with Crippen LogP contribution in [0.5, 0.6) is 5.75 Å². The van der Waals surface area contributed by atoms with Crippen LogP contribution in [0.4, 0.5) is 0 Å². The molecule has 25 heavy (non-hydrogen) atoms. The molecule has 0 radical (unpaired) electrons. The van der Waals surface area contributed by atoms with E-state index in [9.17, 15) is 4.57 Å². The summed E-state index contributed by atoms with van der Waals surface area (Å²) in [6, 6.07) is 7.28. The van der Waals surface area contributed by atoms with Crippen molar-refractivity contribution in [2.24, 2.45) is 0 Å². The van der Waals surface area contributed by atoms with Crippen LogP contribution in [0.25, 0.3) is 0 Å². The first kappa shape index (κ1) is 20.3. The Morgan fingerprint density at radius 1 is 1.16 bits per heavy atom. The van der Waals surface area contributed by atoms with Crippen LogP contribution in [-0.2, 0) is 44.9 Å². The molecule has 1 aromatic rings. The molecule has 2 atom stereocenters. The lowest BCUT2D eigenvalue weighted by molar-refractivity contribution is -0.692. The molecule has 0 N–H and O–H groups in total. The van der Waals surface area contributed by atoms with Gasteiger partial charge in [-0.25, -0.2) is 9.45 Å². The summed E-state index contributed by atoms with van der Waals surface area (Å²) in [5.74, 6) is 0.419. The zero-order chi connectivity index (χ0) is 18.0. The van der Waals surface area contributed by atoms with E-state index >= 15 is 0 Å². The maximum Gasteiger partial charge on any atom is 0.540 e. The van der Waals surface area contributed by atoms with Crippen LogP contribution in [-0.4, -0.2) is 12.7 Å². The fraction of sp³-hybridized carbons (Fsp3) is 0.600. The van der Waals surface area contributed by atoms with Crippen molar-refractivity contribution in [3.05, 3.63) is 29.8 Å². The molecule has 0 bridgehead atoms. The summed E-state index contributed by atoms with van der Waals surface area (Å²) < 4.78 is 26.9. The zero-order valence-corrected chi connectivity index (χ0v) is 15.1. The fourth-order valence-corrected chi connectivity index (χ4v) is 2.99. The highest BCUT2D eigenvalue weighted by molar-refractivity contribution is 7.48. The Balaban J connectivity index is 1.95. The van der Waals surface area contributed by atoms with Crippen molar-refractivity contribution < 1.29 is 43.3 Å². The Morgan fingerprint density at radius 2 is 2.00 bits per heavy atom. The van der Waals surface area contributed by atoms with E-state index in [0.29, 0.717) is 5.75 Å². The van der Waals surface area contributed by atoms with Gasteiger partial charge in [0.25, 0.3) is 0 Å². The van der Waals surface area contributed by atoms with Crippen molar-refractivity contribution in [1.29, 1.82) is 0 Å². The third-order valence-electron chi connectivity index (χ3n) is 3.33. The van der Waals surface area contributed by atoms with E-state index in [1.54, 1.807) is 19.1 Å². The minimum atomic E-state index is -4.22. The summed E-state index contributed by atoms with van der Waals surface area (Å²) in [5.41, 5.74) is 0.923. The first-order chi connectivity index (χ1) is 12.1. The molecule has 142 valence electrons. The second-order valence-electron chi connectivity index (χ2n) is 5.50. The zero-order valence-electron chi connectivity index (χ0n) is 14.3. The summed E-state index contributed by atoms with van der Waals surface area (Å²) in [4.78, 5) is 9.73. The average molecular weight is 378 g/mol. The van der Waals surface area contributed by atoms with Gasteiger partial charge >= 0.3 is 7.82 Å². The molecule has 1 heterocycles. The van der Waals surface area contributed by atoms with Crippen LogP contribution < -0.4 is 4.89 Å². The summed E-state index contributed by atoms with van der Waals surface area (Å²) in [5, 5.41) is 12.2. The molecule has 2 unspecified atom stereocenters. The van der Waals surface area contributed by atoms with Gasteiger partial charge in [0.05, 0.1) is 6.10 Å². The number of para-hydroxylation sites is 1. The van der Waals surface area contributed by atoms with Gasteiger partial charge in [-0.1, -0.05) is 53.7 Å². The second-order valence-corrected chi connectivity index (χ2v) is 6.91. The topological polar surface area (TPSA) is 90.9 Å². The van der Waals surface area contributed by atoms with Crippen molar-refractivity contribution in [2.45, 2.75) is 52.1 Å². The number of aryl methyl sites for hydroxylation is 1. The van der Waals surface area contributed by atoms with Gasteiger partial charge in [0, 0.05) is 0 Å². The van der Waals surface area contributed by atoms with E-state index in [0.717, 1.165) is 31.2 Å². The molecular weight excluding hydrogens is 355 g/mol. The lowest BCUT2D eigenvalue weighted by Gasteiger charge is -2.17. The van der Waals surface area contributed by atoms with Crippen molar-refractivity contribution in [3.63, 3.8) is 0 Å². The molecule has 1 fully saturated rings. The summed E-state index contributed by atoms with van der Waals surface area (Å²) in [7, 11) is -4.22. The van der Waals surface area contributed by atoms with Crippen LogP contribution in [0.1, 0.15) is 45.1 Å². The predicted octanol–water partition coefficient (Wildman–Crippen LogP) is 4.39. The lowest BCUT2D eigenvalue weighted by atomic mass is 10.1. The van der Waals surface area contributed by atoms with E-state index in [1.807, 2.05) is 12.1 Å². The number of rotatable bonds is 8. The molecule has 9 nitrogen and oxygen atoms in total. The summed E-state index contributed by atoms with van der Waals surface area (Å²) >= 11 is 0. The van der Waals surface area contributed by atoms with Gasteiger partial charge in [-0.2, -0.15) is 0 Å². The number of unbranched alkanes of at least 4 members (excludes halogenated alkanes) is 3. The number of phosphoric acid groups is 1. The van der Waals surface area contributed by atoms with Gasteiger partial charge in [-0.3, -0.25) is 4.52 Å². The first-order valence-electron chi connectivity index (χ1n) is 8.17. The van der Waals surface area contributed by atoms with Crippen molar-refractivity contribution >= 4 is 7.82 Å². The van der Waals surface area contributed by atoms with Gasteiger partial charge in [-0.05, 0) is 46.5 Å². The highest BCUT2D eigenvalue weighted by Crippen LogP contribution is 2.51. The van der Waals surface area contributed by atoms with Crippen molar-refractivity contribution in [3.8, 4) is 5.75 Å². The number of hydrogen-bond donors (Lipinski definition) is 0. The molecule has 0 spiro atoms. The van der Waals surface area contributed by atoms with Crippen molar-refractivity contribution in [2.75, 3.05) is 6.61 Å². The molecule has 1 aliphatic heterocycles. The smallest absolute Gasteiger partial charge is 0.327 e. The van der Waals surface area contributed by atoms with Crippen LogP contribution in [0, 0.1) is 0 Å². The Hall–Kier alpha value is -1.03. The molecule has 10 heteroatoms. The molecule has 1 saturated heterocycles. The maximum absolute atomic E-state index is 12.4. The molecule has 1 aliphatic rings. The molecule has 0 amide bonds. The minimum Gasteiger partial charge on any atom is -0.327 e. The Kier molecular flexibility index (Phi) is 8.80. The van der Waals surface area contributed by atoms with Gasteiger partial charge in [0.2, 0.25) is 0 Å². The molecule has 0 saturated carbocycles. The first-order valence-corrected chi connectivity index (χ1v) is 9.63. The Morgan fingerprint density at radius 3 is 2.84 bits per heavy atom. The highest BCUT2D eigenvalue weighted by atomic mass is 31.2. The minimum absolute atomic E-state index is 0.0892. The standard InChI is InChI=1S/C15H23O9P/c1-3-4-5-6-9-14-10-7-8-11-15(14)18-23-25(16)19-13(2)12-17-20-21-22-24-25/h7-8,10-11,13H,3-6,9,12H2,1-2H3. The van der Waals surface area contributed by atoms with Crippen LogP contribution in [0.3, 0.4) is 0 Å². The van der Waals surface area contributed by atoms with Crippen molar-refractivity contribution in [1.82, 2.24) is 0 Å². The number of hydrogen-bond acceptors (Lipinski definition) is 9. The largest absolute Gasteiger partial charge is 0.540 e. The van der Waals surface area contributed by atoms with Gasteiger partial charge in [0.1, 0.15) is 6.61 Å². The van der Waals surface area contributed by atoms with E-state index < -0.39 is 13.9 Å². The normalized spacial score (nSPS) is 25.0. The molecular formula is C15H23O9P. The Labute approximate surface area is 146 Å². The van der Waals surface area contributed by atoms with E-state index in [1.165, 1.54) is 6.42 Å². The molecule has 0 aliphatic carbocycles. The van der Waals surface area contributed by atoms with Crippen LogP contribution >= 0.6 is 7.82 Å². The monoisotopic (exact) mass is 378 g/mol. The summed E-state index contributed by atoms with van der Waals surface area (Å²) in [6.07, 6.45) is 4.59. The Bertz CT molecular complexity index is 554. The SMILES string of the molecule is CCCCCCc1ccccc1OOP1(=O)OOOOOCC(C)O1. The predicted molar refractivity (Wildman–Crippen MR) is 84.4 cm³/mol. The van der Waals surface area contributed by atoms with Crippen LogP contribution in [0.2, 0.25) is 0 Å². The third-order valence-corrected chi connectivity index (χ3v) is 4.45.